The molecule has 0 bridgehead atoms. The van der Waals surface area contributed by atoms with Gasteiger partial charge in [0.25, 0.3) is 0 Å². The van der Waals surface area contributed by atoms with Gasteiger partial charge in [-0.25, -0.2) is 9.37 Å². The van der Waals surface area contributed by atoms with E-state index in [9.17, 15) is 4.79 Å². The highest BCUT2D eigenvalue weighted by molar-refractivity contribution is 5.79. The molecule has 1 rings (SSSR count). The molecule has 0 radical (unpaired) electrons. The first-order chi connectivity index (χ1) is 6.38. The third kappa shape index (κ3) is 3.48. The molecule has 0 atom stereocenters. The van der Waals surface area contributed by atoms with Crippen LogP contribution in [0.25, 0.3) is 0 Å². The fourth-order valence-corrected chi connectivity index (χ4v) is 1.62. The van der Waals surface area contributed by atoms with Crippen molar-refractivity contribution >= 4 is 11.7 Å². The molecule has 0 amide bonds. The highest BCUT2D eigenvalue weighted by atomic mass is 16.6. The van der Waals surface area contributed by atoms with Crippen LogP contribution in [-0.2, 0) is 9.53 Å². The fraction of sp³-hybridized carbons (Fsp3) is 0.818. The maximum absolute atomic E-state index is 11.5. The Morgan fingerprint density at radius 1 is 1.50 bits per heavy atom. The van der Waals surface area contributed by atoms with Gasteiger partial charge in [0, 0.05) is 19.8 Å². The summed E-state index contributed by atoms with van der Waals surface area (Å²) in [5.41, 5.74) is 0.931. The number of ether oxygens (including phenoxy) is 1. The van der Waals surface area contributed by atoms with Gasteiger partial charge in [0.15, 0.2) is 0 Å². The molecule has 1 aliphatic rings. The number of nitrogens with zero attached hydrogens (tertiary/aromatic N) is 1. The molecule has 3 nitrogen and oxygen atoms in total. The highest BCUT2D eigenvalue weighted by Gasteiger charge is 2.24. The Hall–Kier alpha value is -0.860. The van der Waals surface area contributed by atoms with Crippen molar-refractivity contribution < 1.29 is 14.1 Å². The van der Waals surface area contributed by atoms with Crippen LogP contribution in [0.4, 0.5) is 0 Å². The normalized spacial score (nSPS) is 17.4. The molecule has 0 N–H and O–H groups in total. The summed E-state index contributed by atoms with van der Waals surface area (Å²) < 4.78 is 7.36. The van der Waals surface area contributed by atoms with E-state index < -0.39 is 0 Å². The molecule has 1 aliphatic heterocycles. The number of esters is 1. The van der Waals surface area contributed by atoms with Gasteiger partial charge in [-0.2, -0.15) is 0 Å². The summed E-state index contributed by atoms with van der Waals surface area (Å²) in [5, 5.41) is 0. The third-order valence-electron chi connectivity index (χ3n) is 2.25. The zero-order valence-electron chi connectivity index (χ0n) is 9.59. The number of hydrogen-bond acceptors (Lipinski definition) is 2. The van der Waals surface area contributed by atoms with Gasteiger partial charge in [-0.3, -0.25) is 0 Å². The summed E-state index contributed by atoms with van der Waals surface area (Å²) in [5.74, 6) is -0.126. The van der Waals surface area contributed by atoms with E-state index in [0.29, 0.717) is 6.54 Å². The van der Waals surface area contributed by atoms with Gasteiger partial charge in [0.1, 0.15) is 17.9 Å². The lowest BCUT2D eigenvalue weighted by atomic mass is 10.2. The molecular weight excluding hydrogens is 178 g/mol. The van der Waals surface area contributed by atoms with E-state index in [1.807, 2.05) is 20.8 Å². The van der Waals surface area contributed by atoms with E-state index in [-0.39, 0.29) is 11.6 Å². The van der Waals surface area contributed by atoms with Crippen LogP contribution >= 0.6 is 0 Å². The molecule has 0 aliphatic carbocycles. The summed E-state index contributed by atoms with van der Waals surface area (Å²) in [6, 6.07) is 0. The van der Waals surface area contributed by atoms with Crippen LogP contribution in [0.15, 0.2) is 0 Å². The molecule has 1 heterocycles. The SMILES string of the molecule is CC1=[N+](CC(=O)OC(C)(C)C)CCC1. The first-order valence-electron chi connectivity index (χ1n) is 5.18. The van der Waals surface area contributed by atoms with E-state index in [1.54, 1.807) is 0 Å². The lowest BCUT2D eigenvalue weighted by Gasteiger charge is -2.18. The second kappa shape index (κ2) is 4.11. The lowest BCUT2D eigenvalue weighted by Crippen LogP contribution is -2.30. The number of carbonyl (C=O) groups is 1. The van der Waals surface area contributed by atoms with Gasteiger partial charge in [0.2, 0.25) is 6.54 Å². The molecular formula is C11H20NO2+. The summed E-state index contributed by atoms with van der Waals surface area (Å²) in [6.45, 7) is 9.16. The van der Waals surface area contributed by atoms with Crippen molar-refractivity contribution in [2.24, 2.45) is 0 Å². The second-order valence-electron chi connectivity index (χ2n) is 4.85. The maximum Gasteiger partial charge on any atom is 0.372 e. The Balaban J connectivity index is 2.45. The van der Waals surface area contributed by atoms with Crippen molar-refractivity contribution in [3.8, 4) is 0 Å². The fourth-order valence-electron chi connectivity index (χ4n) is 1.62. The Morgan fingerprint density at radius 2 is 2.14 bits per heavy atom. The van der Waals surface area contributed by atoms with Crippen molar-refractivity contribution in [1.82, 2.24) is 0 Å². The van der Waals surface area contributed by atoms with Crippen LogP contribution in [0.5, 0.6) is 0 Å². The average Bonchev–Trinajstić information content (AvgIpc) is 2.32. The minimum atomic E-state index is -0.370. The second-order valence-corrected chi connectivity index (χ2v) is 4.85. The van der Waals surface area contributed by atoms with E-state index in [2.05, 4.69) is 11.5 Å². The maximum atomic E-state index is 11.5. The van der Waals surface area contributed by atoms with Crippen molar-refractivity contribution in [3.05, 3.63) is 0 Å². The highest BCUT2D eigenvalue weighted by Crippen LogP contribution is 2.08. The van der Waals surface area contributed by atoms with E-state index in [0.717, 1.165) is 19.4 Å². The van der Waals surface area contributed by atoms with Gasteiger partial charge in [-0.1, -0.05) is 0 Å². The topological polar surface area (TPSA) is 29.3 Å². The Bertz CT molecular complexity index is 261. The summed E-state index contributed by atoms with van der Waals surface area (Å²) in [6.07, 6.45) is 2.28. The molecule has 80 valence electrons. The van der Waals surface area contributed by atoms with E-state index >= 15 is 0 Å². The third-order valence-corrected chi connectivity index (χ3v) is 2.25. The van der Waals surface area contributed by atoms with Crippen LogP contribution < -0.4 is 0 Å². The van der Waals surface area contributed by atoms with Crippen LogP contribution in [0.3, 0.4) is 0 Å². The molecule has 14 heavy (non-hydrogen) atoms. The van der Waals surface area contributed by atoms with Gasteiger partial charge >= 0.3 is 5.97 Å². The quantitative estimate of drug-likeness (QED) is 0.498. The number of rotatable bonds is 2. The van der Waals surface area contributed by atoms with Gasteiger partial charge in [-0.15, -0.1) is 0 Å². The minimum absolute atomic E-state index is 0.126. The molecule has 0 saturated heterocycles. The monoisotopic (exact) mass is 198 g/mol. The first-order valence-corrected chi connectivity index (χ1v) is 5.18. The summed E-state index contributed by atoms with van der Waals surface area (Å²) in [4.78, 5) is 11.5. The molecule has 0 aromatic rings. The van der Waals surface area contributed by atoms with Crippen LogP contribution in [0.2, 0.25) is 0 Å². The first kappa shape index (κ1) is 11.2. The lowest BCUT2D eigenvalue weighted by molar-refractivity contribution is -0.511. The number of carbonyl (C=O) groups excluding carboxylic acids is 1. The van der Waals surface area contributed by atoms with E-state index in [4.69, 9.17) is 4.74 Å². The van der Waals surface area contributed by atoms with Crippen LogP contribution in [0.1, 0.15) is 40.5 Å². The van der Waals surface area contributed by atoms with Crippen molar-refractivity contribution in [2.45, 2.75) is 46.1 Å². The summed E-state index contributed by atoms with van der Waals surface area (Å²) in [7, 11) is 0. The van der Waals surface area contributed by atoms with Gasteiger partial charge in [-0.05, 0) is 20.8 Å². The molecule has 0 fully saturated rings. The minimum Gasteiger partial charge on any atom is -0.455 e. The van der Waals surface area contributed by atoms with Crippen LogP contribution in [-0.4, -0.2) is 34.9 Å². The van der Waals surface area contributed by atoms with Gasteiger partial charge < -0.3 is 4.74 Å². The van der Waals surface area contributed by atoms with Crippen molar-refractivity contribution in [1.29, 1.82) is 0 Å². The van der Waals surface area contributed by atoms with E-state index in [1.165, 1.54) is 5.71 Å². The molecule has 0 aromatic heterocycles. The average molecular weight is 198 g/mol. The summed E-state index contributed by atoms with van der Waals surface area (Å²) >= 11 is 0. The smallest absolute Gasteiger partial charge is 0.372 e. The van der Waals surface area contributed by atoms with Crippen LogP contribution in [0, 0.1) is 0 Å². The molecule has 0 unspecified atom stereocenters. The Kier molecular flexibility index (Phi) is 3.29. The Morgan fingerprint density at radius 3 is 2.57 bits per heavy atom. The number of hydrogen-bond donors (Lipinski definition) is 0. The van der Waals surface area contributed by atoms with Crippen molar-refractivity contribution in [2.75, 3.05) is 13.1 Å². The Labute approximate surface area is 85.8 Å². The van der Waals surface area contributed by atoms with Gasteiger partial charge in [0.05, 0.1) is 0 Å². The predicted octanol–water partition coefficient (Wildman–Crippen LogP) is 1.60. The van der Waals surface area contributed by atoms with Crippen molar-refractivity contribution in [3.63, 3.8) is 0 Å². The molecule has 0 saturated carbocycles. The molecule has 0 spiro atoms. The predicted molar refractivity (Wildman–Crippen MR) is 55.8 cm³/mol. The molecule has 3 heteroatoms. The zero-order valence-corrected chi connectivity index (χ0v) is 9.59. The molecule has 0 aromatic carbocycles. The largest absolute Gasteiger partial charge is 0.455 e. The standard InChI is InChI=1S/C11H20NO2/c1-9-6-5-7-12(9)8-10(13)14-11(2,3)4/h5-8H2,1-4H3/q+1. The zero-order chi connectivity index (χ0) is 10.8.